The minimum atomic E-state index is -3.50. The Bertz CT molecular complexity index is 1470. The van der Waals surface area contributed by atoms with Crippen LogP contribution in [0.25, 0.3) is 0 Å². The Balaban J connectivity index is 0.000000336. The Kier molecular flexibility index (Phi) is 10.0. The normalized spacial score (nSPS) is 22.4. The van der Waals surface area contributed by atoms with Crippen LogP contribution in [-0.2, 0) is 16.6 Å². The SMILES string of the molecule is NC(=O)c1ccccc1.O=C(NCc1ccc(S(=O)(=O)N2CCC(N[C@@H]3C[C@H]4CC[C@@H]3C4)CC2)s1)c1ccc(Cl)cc1. The van der Waals surface area contributed by atoms with Gasteiger partial charge in [0.25, 0.3) is 15.9 Å². The first-order chi connectivity index (χ1) is 20.2. The van der Waals surface area contributed by atoms with Crippen LogP contribution in [0.3, 0.4) is 0 Å². The van der Waals surface area contributed by atoms with E-state index in [-0.39, 0.29) is 18.4 Å². The van der Waals surface area contributed by atoms with Crippen molar-refractivity contribution in [1.82, 2.24) is 14.9 Å². The van der Waals surface area contributed by atoms with Crippen LogP contribution in [0.1, 0.15) is 64.1 Å². The molecule has 2 amide bonds. The van der Waals surface area contributed by atoms with Crippen molar-refractivity contribution in [3.8, 4) is 0 Å². The molecule has 6 rings (SSSR count). The Morgan fingerprint density at radius 1 is 0.905 bits per heavy atom. The number of hydrogen-bond donors (Lipinski definition) is 3. The molecule has 2 aliphatic carbocycles. The number of benzene rings is 2. The Labute approximate surface area is 256 Å². The fourth-order valence-electron chi connectivity index (χ4n) is 6.21. The lowest BCUT2D eigenvalue weighted by Gasteiger charge is -2.35. The molecule has 3 atom stereocenters. The Hall–Kier alpha value is -2.76. The third-order valence-corrected chi connectivity index (χ3v) is 12.2. The molecular formula is C31H37ClN4O4S2. The van der Waals surface area contributed by atoms with Gasteiger partial charge in [0, 0.05) is 46.2 Å². The van der Waals surface area contributed by atoms with Gasteiger partial charge in [0.15, 0.2) is 0 Å². The second-order valence-electron chi connectivity index (χ2n) is 11.3. The summed E-state index contributed by atoms with van der Waals surface area (Å²) in [5.41, 5.74) is 6.05. The first-order valence-corrected chi connectivity index (χ1v) is 17.1. The van der Waals surface area contributed by atoms with E-state index in [1.807, 2.05) is 6.07 Å². The molecule has 3 fully saturated rings. The first-order valence-electron chi connectivity index (χ1n) is 14.4. The number of carbonyl (C=O) groups excluding carboxylic acids is 2. The number of carbonyl (C=O) groups is 2. The molecule has 2 saturated carbocycles. The van der Waals surface area contributed by atoms with E-state index in [0.717, 1.165) is 29.6 Å². The molecule has 1 aliphatic heterocycles. The van der Waals surface area contributed by atoms with Gasteiger partial charge in [-0.25, -0.2) is 8.42 Å². The van der Waals surface area contributed by atoms with Gasteiger partial charge in [-0.05, 0) is 92.5 Å². The highest BCUT2D eigenvalue weighted by Crippen LogP contribution is 2.44. The number of nitrogens with one attached hydrogen (secondary N) is 2. The quantitative estimate of drug-likeness (QED) is 0.322. The standard InChI is InChI=1S/C24H30ClN3O3S2.C7H7NO/c25-19-5-3-17(4-6-19)24(29)26-15-21-7-8-23(32-21)33(30,31)28-11-9-20(10-12-28)27-22-14-16-1-2-18(22)13-16;8-7(9)6-4-2-1-3-5-6/h3-8,16,18,20,22,27H,1-2,9-15H2,(H,26,29);1-5H,(H2,8,9)/t16-,18+,22+;/m0./s1. The molecule has 42 heavy (non-hydrogen) atoms. The number of fused-ring (bicyclic) bond motifs is 2. The second kappa shape index (κ2) is 13.7. The number of halogens is 1. The van der Waals surface area contributed by atoms with E-state index in [4.69, 9.17) is 17.3 Å². The summed E-state index contributed by atoms with van der Waals surface area (Å²) in [6, 6.07) is 19.9. The van der Waals surface area contributed by atoms with E-state index >= 15 is 0 Å². The molecule has 1 aromatic heterocycles. The van der Waals surface area contributed by atoms with E-state index in [9.17, 15) is 18.0 Å². The first kappa shape index (κ1) is 30.7. The van der Waals surface area contributed by atoms with Crippen LogP contribution in [0, 0.1) is 11.8 Å². The largest absolute Gasteiger partial charge is 0.366 e. The number of primary amides is 1. The summed E-state index contributed by atoms with van der Waals surface area (Å²) in [4.78, 5) is 23.5. The van der Waals surface area contributed by atoms with Crippen molar-refractivity contribution < 1.29 is 18.0 Å². The molecule has 224 valence electrons. The van der Waals surface area contributed by atoms with Crippen molar-refractivity contribution in [1.29, 1.82) is 0 Å². The van der Waals surface area contributed by atoms with Crippen molar-refractivity contribution in [2.24, 2.45) is 17.6 Å². The highest BCUT2D eigenvalue weighted by molar-refractivity contribution is 7.91. The summed E-state index contributed by atoms with van der Waals surface area (Å²) in [6.07, 6.45) is 7.16. The van der Waals surface area contributed by atoms with Gasteiger partial charge in [-0.3, -0.25) is 9.59 Å². The molecule has 4 N–H and O–H groups in total. The summed E-state index contributed by atoms with van der Waals surface area (Å²) in [5, 5.41) is 7.26. The summed E-state index contributed by atoms with van der Waals surface area (Å²) >= 11 is 7.09. The van der Waals surface area contributed by atoms with Crippen LogP contribution in [-0.4, -0.2) is 49.7 Å². The van der Waals surface area contributed by atoms with Gasteiger partial charge in [0.05, 0.1) is 6.54 Å². The van der Waals surface area contributed by atoms with Crippen molar-refractivity contribution >= 4 is 44.8 Å². The van der Waals surface area contributed by atoms with E-state index in [1.54, 1.807) is 65.0 Å². The molecule has 2 heterocycles. The van der Waals surface area contributed by atoms with Crippen molar-refractivity contribution in [3.05, 3.63) is 87.8 Å². The summed E-state index contributed by atoms with van der Waals surface area (Å²) in [7, 11) is -3.50. The molecule has 2 aromatic carbocycles. The zero-order chi connectivity index (χ0) is 29.7. The molecule has 0 spiro atoms. The molecule has 8 nitrogen and oxygen atoms in total. The summed E-state index contributed by atoms with van der Waals surface area (Å²) in [6.45, 7) is 1.40. The van der Waals surface area contributed by atoms with Gasteiger partial charge in [-0.2, -0.15) is 4.31 Å². The maximum absolute atomic E-state index is 13.2. The molecule has 3 aromatic rings. The van der Waals surface area contributed by atoms with Crippen molar-refractivity contribution in [2.75, 3.05) is 13.1 Å². The summed E-state index contributed by atoms with van der Waals surface area (Å²) in [5.74, 6) is 1.16. The molecule has 1 saturated heterocycles. The molecule has 11 heteroatoms. The number of amides is 2. The second-order valence-corrected chi connectivity index (χ2v) is 15.0. The van der Waals surface area contributed by atoms with Crippen LogP contribution >= 0.6 is 22.9 Å². The minimum absolute atomic E-state index is 0.213. The van der Waals surface area contributed by atoms with E-state index in [0.29, 0.717) is 45.5 Å². The zero-order valence-electron chi connectivity index (χ0n) is 23.4. The van der Waals surface area contributed by atoms with Crippen molar-refractivity contribution in [3.63, 3.8) is 0 Å². The number of nitrogens with zero attached hydrogens (tertiary/aromatic N) is 1. The number of piperidine rings is 1. The Morgan fingerprint density at radius 3 is 2.21 bits per heavy atom. The fraction of sp³-hybridized carbons (Fsp3) is 0.419. The van der Waals surface area contributed by atoms with Crippen molar-refractivity contribution in [2.45, 2.75) is 61.4 Å². The van der Waals surface area contributed by atoms with Gasteiger partial charge in [0.1, 0.15) is 4.21 Å². The maximum Gasteiger partial charge on any atom is 0.252 e. The molecule has 0 radical (unpaired) electrons. The lowest BCUT2D eigenvalue weighted by Crippen LogP contribution is -2.48. The van der Waals surface area contributed by atoms with E-state index < -0.39 is 10.0 Å². The zero-order valence-corrected chi connectivity index (χ0v) is 25.8. The van der Waals surface area contributed by atoms with Crippen LogP contribution < -0.4 is 16.4 Å². The van der Waals surface area contributed by atoms with Crippen LogP contribution in [0.15, 0.2) is 70.9 Å². The predicted molar refractivity (Wildman–Crippen MR) is 166 cm³/mol. The monoisotopic (exact) mass is 628 g/mol. The third kappa shape index (κ3) is 7.60. The van der Waals surface area contributed by atoms with Crippen LogP contribution in [0.4, 0.5) is 0 Å². The van der Waals surface area contributed by atoms with Gasteiger partial charge in [-0.15, -0.1) is 11.3 Å². The minimum Gasteiger partial charge on any atom is -0.366 e. The van der Waals surface area contributed by atoms with E-state index in [2.05, 4.69) is 10.6 Å². The summed E-state index contributed by atoms with van der Waals surface area (Å²) < 4.78 is 28.3. The number of thiophene rings is 1. The average Bonchev–Trinajstić information content (AvgIpc) is 3.76. The van der Waals surface area contributed by atoms with E-state index in [1.165, 1.54) is 37.0 Å². The van der Waals surface area contributed by atoms with Gasteiger partial charge in [-0.1, -0.05) is 36.2 Å². The lowest BCUT2D eigenvalue weighted by atomic mass is 9.93. The molecular weight excluding hydrogens is 592 g/mol. The highest BCUT2D eigenvalue weighted by Gasteiger charge is 2.41. The number of nitrogens with two attached hydrogens (primary N) is 1. The predicted octanol–water partition coefficient (Wildman–Crippen LogP) is 5.05. The lowest BCUT2D eigenvalue weighted by molar-refractivity contribution is 0.0950. The van der Waals surface area contributed by atoms with Crippen LogP contribution in [0.2, 0.25) is 5.02 Å². The molecule has 3 aliphatic rings. The number of sulfonamides is 1. The molecule has 2 bridgehead atoms. The fourth-order valence-corrected chi connectivity index (χ4v) is 9.25. The number of hydrogen-bond acceptors (Lipinski definition) is 6. The van der Waals surface area contributed by atoms with Gasteiger partial charge >= 0.3 is 0 Å². The van der Waals surface area contributed by atoms with Gasteiger partial charge < -0.3 is 16.4 Å². The topological polar surface area (TPSA) is 122 Å². The van der Waals surface area contributed by atoms with Crippen LogP contribution in [0.5, 0.6) is 0 Å². The average molecular weight is 629 g/mol. The maximum atomic E-state index is 13.2. The smallest absolute Gasteiger partial charge is 0.252 e. The Morgan fingerprint density at radius 2 is 1.62 bits per heavy atom. The van der Waals surface area contributed by atoms with Gasteiger partial charge in [0.2, 0.25) is 5.91 Å². The highest BCUT2D eigenvalue weighted by atomic mass is 35.5. The third-order valence-electron chi connectivity index (χ3n) is 8.46. The number of rotatable bonds is 8. The molecule has 0 unspecified atom stereocenters.